The van der Waals surface area contributed by atoms with Gasteiger partial charge in [-0.1, -0.05) is 13.8 Å². The molecular weight excluding hydrogens is 210 g/mol. The number of aryl methyl sites for hydroxylation is 1. The van der Waals surface area contributed by atoms with Crippen molar-refractivity contribution in [3.63, 3.8) is 0 Å². The van der Waals surface area contributed by atoms with Gasteiger partial charge in [-0.25, -0.2) is 0 Å². The quantitative estimate of drug-likeness (QED) is 0.730. The molecule has 0 fully saturated rings. The molecule has 0 amide bonds. The lowest BCUT2D eigenvalue weighted by Crippen LogP contribution is -2.33. The van der Waals surface area contributed by atoms with E-state index in [4.69, 9.17) is 0 Å². The monoisotopic (exact) mass is 233 g/mol. The summed E-state index contributed by atoms with van der Waals surface area (Å²) in [5.41, 5.74) is 4.02. The number of rotatable bonds is 1. The van der Waals surface area contributed by atoms with Crippen LogP contribution in [0.25, 0.3) is 0 Å². The third-order valence-corrected chi connectivity index (χ3v) is 3.86. The molecule has 0 aromatic carbocycles. The highest BCUT2D eigenvalue weighted by Crippen LogP contribution is 2.33. The zero-order chi connectivity index (χ0) is 12.8. The van der Waals surface area contributed by atoms with Crippen molar-refractivity contribution >= 4 is 0 Å². The fourth-order valence-electron chi connectivity index (χ4n) is 2.99. The first-order chi connectivity index (χ1) is 7.82. The van der Waals surface area contributed by atoms with Crippen molar-refractivity contribution in [2.24, 2.45) is 5.41 Å². The maximum absolute atomic E-state index is 12.4. The molecule has 2 rings (SSSR count). The smallest absolute Gasteiger partial charge is 0.254 e. The first-order valence-electron chi connectivity index (χ1n) is 6.56. The Kier molecular flexibility index (Phi) is 2.92. The lowest BCUT2D eigenvalue weighted by molar-refractivity contribution is 0.312. The minimum atomic E-state index is 0.241. The summed E-state index contributed by atoms with van der Waals surface area (Å²) < 4.78 is 1.93. The molecule has 0 saturated heterocycles. The summed E-state index contributed by atoms with van der Waals surface area (Å²) in [7, 11) is 0. The van der Waals surface area contributed by atoms with E-state index < -0.39 is 0 Å². The van der Waals surface area contributed by atoms with Crippen molar-refractivity contribution in [2.45, 2.75) is 59.9 Å². The largest absolute Gasteiger partial charge is 0.310 e. The fourth-order valence-corrected chi connectivity index (χ4v) is 2.99. The van der Waals surface area contributed by atoms with Crippen molar-refractivity contribution in [1.29, 1.82) is 0 Å². The average molecular weight is 233 g/mol. The Morgan fingerprint density at radius 2 is 2.00 bits per heavy atom. The van der Waals surface area contributed by atoms with Crippen molar-refractivity contribution in [1.82, 2.24) is 4.57 Å². The predicted octanol–water partition coefficient (Wildman–Crippen LogP) is 3.25. The van der Waals surface area contributed by atoms with Crippen LogP contribution in [0.4, 0.5) is 0 Å². The lowest BCUT2D eigenvalue weighted by Gasteiger charge is -2.32. The van der Waals surface area contributed by atoms with E-state index in [9.17, 15) is 4.79 Å². The summed E-state index contributed by atoms with van der Waals surface area (Å²) in [6.07, 6.45) is 3.10. The summed E-state index contributed by atoms with van der Waals surface area (Å²) in [5, 5.41) is 0. The summed E-state index contributed by atoms with van der Waals surface area (Å²) in [6, 6.07) is 2.47. The number of hydrogen-bond donors (Lipinski definition) is 0. The molecule has 94 valence electrons. The van der Waals surface area contributed by atoms with Gasteiger partial charge in [0.2, 0.25) is 0 Å². The highest BCUT2D eigenvalue weighted by atomic mass is 16.1. The summed E-state index contributed by atoms with van der Waals surface area (Å²) >= 11 is 0. The van der Waals surface area contributed by atoms with Crippen molar-refractivity contribution < 1.29 is 0 Å². The topological polar surface area (TPSA) is 22.0 Å². The molecule has 0 aliphatic heterocycles. The molecule has 0 unspecified atom stereocenters. The van der Waals surface area contributed by atoms with Gasteiger partial charge in [-0.15, -0.1) is 0 Å². The SMILES string of the molecule is Cc1cc2c(c(=O)n1C(C)C)CCC(C)(C)C2. The first kappa shape index (κ1) is 12.4. The van der Waals surface area contributed by atoms with E-state index in [1.165, 1.54) is 5.56 Å². The molecule has 0 radical (unpaired) electrons. The van der Waals surface area contributed by atoms with Crippen LogP contribution in [-0.4, -0.2) is 4.57 Å². The van der Waals surface area contributed by atoms with Gasteiger partial charge in [0.15, 0.2) is 0 Å². The minimum Gasteiger partial charge on any atom is -0.310 e. The van der Waals surface area contributed by atoms with Crippen LogP contribution in [0.3, 0.4) is 0 Å². The van der Waals surface area contributed by atoms with Gasteiger partial charge < -0.3 is 4.57 Å². The third-order valence-electron chi connectivity index (χ3n) is 3.86. The van der Waals surface area contributed by atoms with Crippen LogP contribution in [0.1, 0.15) is 57.0 Å². The molecule has 1 aromatic heterocycles. The molecule has 1 aliphatic rings. The molecule has 0 spiro atoms. The summed E-state index contributed by atoms with van der Waals surface area (Å²) in [4.78, 5) is 12.4. The highest BCUT2D eigenvalue weighted by molar-refractivity contribution is 5.31. The maximum atomic E-state index is 12.4. The predicted molar refractivity (Wildman–Crippen MR) is 71.6 cm³/mol. The van der Waals surface area contributed by atoms with Gasteiger partial charge in [0.25, 0.3) is 5.56 Å². The molecular formula is C15H23NO. The Bertz CT molecular complexity index is 494. The Labute approximate surface area is 104 Å². The van der Waals surface area contributed by atoms with Crippen LogP contribution in [0.15, 0.2) is 10.9 Å². The van der Waals surface area contributed by atoms with Crippen molar-refractivity contribution in [2.75, 3.05) is 0 Å². The van der Waals surface area contributed by atoms with Crippen LogP contribution >= 0.6 is 0 Å². The van der Waals surface area contributed by atoms with Crippen LogP contribution < -0.4 is 5.56 Å². The number of aromatic nitrogens is 1. The van der Waals surface area contributed by atoms with Gasteiger partial charge in [-0.05, 0) is 57.1 Å². The van der Waals surface area contributed by atoms with Gasteiger partial charge in [0.05, 0.1) is 0 Å². The molecule has 2 nitrogen and oxygen atoms in total. The Hall–Kier alpha value is -1.05. The number of pyridine rings is 1. The second-order valence-electron chi connectivity index (χ2n) is 6.40. The number of fused-ring (bicyclic) bond motifs is 1. The van der Waals surface area contributed by atoms with Crippen molar-refractivity contribution in [3.05, 3.63) is 33.2 Å². The Morgan fingerprint density at radius 1 is 1.35 bits per heavy atom. The van der Waals surface area contributed by atoms with E-state index in [1.807, 2.05) is 11.5 Å². The van der Waals surface area contributed by atoms with Gasteiger partial charge in [-0.2, -0.15) is 0 Å². The van der Waals surface area contributed by atoms with Gasteiger partial charge in [0.1, 0.15) is 0 Å². The molecule has 2 heteroatoms. The fraction of sp³-hybridized carbons (Fsp3) is 0.667. The average Bonchev–Trinajstić information content (AvgIpc) is 2.14. The van der Waals surface area contributed by atoms with Gasteiger partial charge >= 0.3 is 0 Å². The van der Waals surface area contributed by atoms with E-state index in [2.05, 4.69) is 33.8 Å². The molecule has 1 aliphatic carbocycles. The summed E-state index contributed by atoms with van der Waals surface area (Å²) in [6.45, 7) is 10.8. The van der Waals surface area contributed by atoms with Crippen LogP contribution in [0.5, 0.6) is 0 Å². The Balaban J connectivity index is 2.59. The molecule has 0 bridgehead atoms. The van der Waals surface area contributed by atoms with Crippen LogP contribution in [0.2, 0.25) is 0 Å². The van der Waals surface area contributed by atoms with Gasteiger partial charge in [-0.3, -0.25) is 4.79 Å². The number of nitrogens with zero attached hydrogens (tertiary/aromatic N) is 1. The van der Waals surface area contributed by atoms with E-state index in [0.717, 1.165) is 30.5 Å². The number of hydrogen-bond acceptors (Lipinski definition) is 1. The van der Waals surface area contributed by atoms with E-state index >= 15 is 0 Å². The molecule has 1 heterocycles. The standard InChI is InChI=1S/C15H23NO/c1-10(2)16-11(3)8-12-9-15(4,5)7-6-13(12)14(16)17/h8,10H,6-7,9H2,1-5H3. The second-order valence-corrected chi connectivity index (χ2v) is 6.40. The second kappa shape index (κ2) is 4.01. The lowest BCUT2D eigenvalue weighted by atomic mass is 9.74. The van der Waals surface area contributed by atoms with Crippen LogP contribution in [0, 0.1) is 12.3 Å². The van der Waals surface area contributed by atoms with Crippen molar-refractivity contribution in [3.8, 4) is 0 Å². The molecule has 0 N–H and O–H groups in total. The molecule has 0 saturated carbocycles. The summed E-state index contributed by atoms with van der Waals surface area (Å²) in [5.74, 6) is 0. The molecule has 1 aromatic rings. The minimum absolute atomic E-state index is 0.241. The van der Waals surface area contributed by atoms with E-state index in [-0.39, 0.29) is 11.6 Å². The zero-order valence-corrected chi connectivity index (χ0v) is 11.6. The highest BCUT2D eigenvalue weighted by Gasteiger charge is 2.28. The first-order valence-corrected chi connectivity index (χ1v) is 6.56. The molecule has 0 atom stereocenters. The van der Waals surface area contributed by atoms with E-state index in [1.54, 1.807) is 0 Å². The normalized spacial score (nSPS) is 18.2. The zero-order valence-electron chi connectivity index (χ0n) is 11.6. The molecule has 17 heavy (non-hydrogen) atoms. The van der Waals surface area contributed by atoms with Gasteiger partial charge in [0, 0.05) is 17.3 Å². The Morgan fingerprint density at radius 3 is 2.59 bits per heavy atom. The third kappa shape index (κ3) is 2.18. The maximum Gasteiger partial charge on any atom is 0.254 e. The van der Waals surface area contributed by atoms with E-state index in [0.29, 0.717) is 5.41 Å². The van der Waals surface area contributed by atoms with Crippen LogP contribution in [-0.2, 0) is 12.8 Å².